The normalized spacial score (nSPS) is 12.6. The number of carboxylic acids is 1. The van der Waals surface area contributed by atoms with Crippen LogP contribution in [-0.2, 0) is 19.1 Å². The Hall–Kier alpha value is -3.15. The van der Waals surface area contributed by atoms with Crippen molar-refractivity contribution < 1.29 is 24.2 Å². The van der Waals surface area contributed by atoms with Crippen LogP contribution in [-0.4, -0.2) is 29.6 Å². The molecule has 2 aromatic carbocycles. The monoisotopic (exact) mass is 411 g/mol. The van der Waals surface area contributed by atoms with E-state index in [9.17, 15) is 14.4 Å². The zero-order valence-electron chi connectivity index (χ0n) is 17.5. The van der Waals surface area contributed by atoms with Crippen LogP contribution in [0.2, 0.25) is 0 Å². The Morgan fingerprint density at radius 2 is 1.57 bits per heavy atom. The number of rotatable bonds is 11. The summed E-state index contributed by atoms with van der Waals surface area (Å²) in [5.74, 6) is -2.03. The Bertz CT molecular complexity index is 832. The summed E-state index contributed by atoms with van der Waals surface area (Å²) in [5.41, 5.74) is 3.06. The van der Waals surface area contributed by atoms with Crippen molar-refractivity contribution in [2.24, 2.45) is 5.92 Å². The van der Waals surface area contributed by atoms with E-state index in [1.165, 1.54) is 0 Å². The first kappa shape index (κ1) is 23.1. The minimum absolute atomic E-state index is 0.0187. The molecule has 1 amide bonds. The number of aliphatic carboxylic acids is 1. The third kappa shape index (κ3) is 7.35. The van der Waals surface area contributed by atoms with Gasteiger partial charge in [-0.1, -0.05) is 61.5 Å². The summed E-state index contributed by atoms with van der Waals surface area (Å²) in [4.78, 5) is 35.0. The second-order valence-corrected chi connectivity index (χ2v) is 7.23. The molecular weight excluding hydrogens is 382 g/mol. The summed E-state index contributed by atoms with van der Waals surface area (Å²) in [7, 11) is 0. The Balaban J connectivity index is 2.09. The number of ether oxygens (including phenoxy) is 1. The number of hydrogen-bond donors (Lipinski definition) is 2. The van der Waals surface area contributed by atoms with Crippen LogP contribution in [0.25, 0.3) is 11.1 Å². The Morgan fingerprint density at radius 3 is 2.17 bits per heavy atom. The molecule has 0 spiro atoms. The maximum absolute atomic E-state index is 12.4. The van der Waals surface area contributed by atoms with Gasteiger partial charge in [0.1, 0.15) is 0 Å². The largest absolute Gasteiger partial charge is 0.481 e. The molecule has 0 aliphatic heterocycles. The summed E-state index contributed by atoms with van der Waals surface area (Å²) in [6.07, 6.45) is 0.971. The SMILES string of the molecule is CCOC(=O)CCC(=O)NC(CC[C@@H](C)C(=O)O)c1ccc(-c2ccccc2)cc1. The van der Waals surface area contributed by atoms with E-state index in [2.05, 4.69) is 5.32 Å². The van der Waals surface area contributed by atoms with Gasteiger partial charge >= 0.3 is 11.9 Å². The molecule has 2 aromatic rings. The second kappa shape index (κ2) is 11.8. The van der Waals surface area contributed by atoms with Crippen molar-refractivity contribution in [2.45, 2.75) is 45.6 Å². The van der Waals surface area contributed by atoms with Crippen molar-refractivity contribution >= 4 is 17.8 Å². The summed E-state index contributed by atoms with van der Waals surface area (Å²) in [6, 6.07) is 17.5. The second-order valence-electron chi connectivity index (χ2n) is 7.23. The molecule has 0 aliphatic carbocycles. The van der Waals surface area contributed by atoms with E-state index in [1.807, 2.05) is 54.6 Å². The molecule has 2 N–H and O–H groups in total. The van der Waals surface area contributed by atoms with E-state index < -0.39 is 17.9 Å². The average Bonchev–Trinajstić information content (AvgIpc) is 2.76. The van der Waals surface area contributed by atoms with Gasteiger partial charge in [-0.05, 0) is 36.5 Å². The van der Waals surface area contributed by atoms with Gasteiger partial charge in [-0.2, -0.15) is 0 Å². The van der Waals surface area contributed by atoms with Crippen LogP contribution < -0.4 is 5.32 Å². The van der Waals surface area contributed by atoms with Crippen LogP contribution in [0.1, 0.15) is 51.1 Å². The molecule has 6 nitrogen and oxygen atoms in total. The van der Waals surface area contributed by atoms with Crippen molar-refractivity contribution in [2.75, 3.05) is 6.61 Å². The minimum atomic E-state index is -0.859. The lowest BCUT2D eigenvalue weighted by Gasteiger charge is -2.21. The highest BCUT2D eigenvalue weighted by Crippen LogP contribution is 2.25. The Morgan fingerprint density at radius 1 is 0.933 bits per heavy atom. The third-order valence-corrected chi connectivity index (χ3v) is 4.93. The molecule has 0 aliphatic rings. The highest BCUT2D eigenvalue weighted by atomic mass is 16.5. The van der Waals surface area contributed by atoms with Gasteiger partial charge in [0.2, 0.25) is 5.91 Å². The van der Waals surface area contributed by atoms with Crippen LogP contribution in [0.3, 0.4) is 0 Å². The number of hydrogen-bond acceptors (Lipinski definition) is 4. The van der Waals surface area contributed by atoms with Gasteiger partial charge < -0.3 is 15.2 Å². The zero-order valence-corrected chi connectivity index (χ0v) is 17.5. The molecule has 160 valence electrons. The number of nitrogens with one attached hydrogen (secondary N) is 1. The molecule has 0 saturated heterocycles. The highest BCUT2D eigenvalue weighted by molar-refractivity contribution is 5.81. The minimum Gasteiger partial charge on any atom is -0.481 e. The van der Waals surface area contributed by atoms with Gasteiger partial charge in [0, 0.05) is 6.42 Å². The lowest BCUT2D eigenvalue weighted by molar-refractivity contribution is -0.144. The van der Waals surface area contributed by atoms with Gasteiger partial charge in [0.15, 0.2) is 0 Å². The van der Waals surface area contributed by atoms with Crippen molar-refractivity contribution in [3.63, 3.8) is 0 Å². The number of carbonyl (C=O) groups is 3. The van der Waals surface area contributed by atoms with E-state index >= 15 is 0 Å². The summed E-state index contributed by atoms with van der Waals surface area (Å²) < 4.78 is 4.86. The summed E-state index contributed by atoms with van der Waals surface area (Å²) in [6.45, 7) is 3.65. The number of benzene rings is 2. The Labute approximate surface area is 177 Å². The molecular formula is C24H29NO5. The van der Waals surface area contributed by atoms with Crippen LogP contribution in [0, 0.1) is 5.92 Å². The lowest BCUT2D eigenvalue weighted by atomic mass is 9.95. The van der Waals surface area contributed by atoms with Crippen molar-refractivity contribution in [3.05, 3.63) is 60.2 Å². The third-order valence-electron chi connectivity index (χ3n) is 4.93. The molecule has 1 unspecified atom stereocenters. The molecule has 30 heavy (non-hydrogen) atoms. The number of amides is 1. The fourth-order valence-electron chi connectivity index (χ4n) is 3.12. The highest BCUT2D eigenvalue weighted by Gasteiger charge is 2.19. The Kier molecular flexibility index (Phi) is 9.06. The van der Waals surface area contributed by atoms with Gasteiger partial charge in [-0.15, -0.1) is 0 Å². The van der Waals surface area contributed by atoms with Crippen LogP contribution in [0.4, 0.5) is 0 Å². The van der Waals surface area contributed by atoms with E-state index in [-0.39, 0.29) is 31.4 Å². The summed E-state index contributed by atoms with van der Waals surface area (Å²) in [5, 5.41) is 12.1. The molecule has 2 rings (SSSR count). The molecule has 0 bridgehead atoms. The molecule has 0 heterocycles. The van der Waals surface area contributed by atoms with Gasteiger partial charge in [0.25, 0.3) is 0 Å². The zero-order chi connectivity index (χ0) is 21.9. The maximum Gasteiger partial charge on any atom is 0.306 e. The van der Waals surface area contributed by atoms with Crippen LogP contribution >= 0.6 is 0 Å². The fraction of sp³-hybridized carbons (Fsp3) is 0.375. The van der Waals surface area contributed by atoms with E-state index in [0.29, 0.717) is 12.8 Å². The molecule has 6 heteroatoms. The van der Waals surface area contributed by atoms with E-state index in [0.717, 1.165) is 16.7 Å². The van der Waals surface area contributed by atoms with E-state index in [1.54, 1.807) is 13.8 Å². The van der Waals surface area contributed by atoms with Crippen molar-refractivity contribution in [3.8, 4) is 11.1 Å². The average molecular weight is 411 g/mol. The molecule has 0 aromatic heterocycles. The topological polar surface area (TPSA) is 92.7 Å². The number of carboxylic acid groups (broad SMARTS) is 1. The predicted molar refractivity (Wildman–Crippen MR) is 115 cm³/mol. The van der Waals surface area contributed by atoms with E-state index in [4.69, 9.17) is 9.84 Å². The van der Waals surface area contributed by atoms with Gasteiger partial charge in [-0.3, -0.25) is 14.4 Å². The smallest absolute Gasteiger partial charge is 0.306 e. The molecule has 0 saturated carbocycles. The standard InChI is InChI=1S/C24H29NO5/c1-3-30-23(27)16-15-22(26)25-21(14-9-17(2)24(28)29)20-12-10-19(11-13-20)18-7-5-4-6-8-18/h4-8,10-13,17,21H,3,9,14-16H2,1-2H3,(H,25,26)(H,28,29)/t17-,21?/m1/s1. The van der Waals surface area contributed by atoms with Gasteiger partial charge in [0.05, 0.1) is 25.0 Å². The molecule has 0 radical (unpaired) electrons. The predicted octanol–water partition coefficient (Wildman–Crippen LogP) is 4.36. The van der Waals surface area contributed by atoms with Crippen molar-refractivity contribution in [1.29, 1.82) is 0 Å². The van der Waals surface area contributed by atoms with Crippen LogP contribution in [0.15, 0.2) is 54.6 Å². The lowest BCUT2D eigenvalue weighted by Crippen LogP contribution is -2.29. The first-order chi connectivity index (χ1) is 14.4. The van der Waals surface area contributed by atoms with Gasteiger partial charge in [-0.25, -0.2) is 0 Å². The summed E-state index contributed by atoms with van der Waals surface area (Å²) >= 11 is 0. The van der Waals surface area contributed by atoms with Crippen molar-refractivity contribution in [1.82, 2.24) is 5.32 Å². The number of esters is 1. The maximum atomic E-state index is 12.4. The molecule has 2 atom stereocenters. The fourth-order valence-corrected chi connectivity index (χ4v) is 3.12. The first-order valence-electron chi connectivity index (χ1n) is 10.2. The number of carbonyl (C=O) groups excluding carboxylic acids is 2. The molecule has 0 fully saturated rings. The van der Waals surface area contributed by atoms with Crippen LogP contribution in [0.5, 0.6) is 0 Å². The first-order valence-corrected chi connectivity index (χ1v) is 10.2. The quantitative estimate of drug-likeness (QED) is 0.536.